The number of ether oxygens (including phenoxy) is 1. The van der Waals surface area contributed by atoms with Crippen LogP contribution in [0.1, 0.15) is 29.6 Å². The first-order valence-corrected chi connectivity index (χ1v) is 15.9. The van der Waals surface area contributed by atoms with Crippen LogP contribution in [0.25, 0.3) is 21.7 Å². The molecule has 0 bridgehead atoms. The Morgan fingerprint density at radius 2 is 1.56 bits per heavy atom. The van der Waals surface area contributed by atoms with Gasteiger partial charge in [0.15, 0.2) is 5.01 Å². The molecule has 1 aliphatic rings. The van der Waals surface area contributed by atoms with Crippen LogP contribution in [0.4, 0.5) is 4.79 Å². The number of hydrogen-bond acceptors (Lipinski definition) is 7. The fourth-order valence-corrected chi connectivity index (χ4v) is 6.08. The molecule has 3 aromatic rings. The molecule has 1 aliphatic heterocycles. The quantitative estimate of drug-likeness (QED) is 0.235. The molecule has 1 fully saturated rings. The first-order valence-electron chi connectivity index (χ1n) is 13.3. The van der Waals surface area contributed by atoms with Gasteiger partial charge in [0.05, 0.1) is 23.3 Å². The van der Waals surface area contributed by atoms with E-state index in [4.69, 9.17) is 4.74 Å². The van der Waals surface area contributed by atoms with E-state index in [9.17, 15) is 28.7 Å². The first kappa shape index (κ1) is 30.4. The molecule has 218 valence electrons. The van der Waals surface area contributed by atoms with Gasteiger partial charge in [0.25, 0.3) is 5.91 Å². The molecule has 2 aromatic carbocycles. The van der Waals surface area contributed by atoms with Gasteiger partial charge in [-0.2, -0.15) is 0 Å². The van der Waals surface area contributed by atoms with E-state index in [2.05, 4.69) is 10.3 Å². The molecule has 0 radical (unpaired) electrons. The second kappa shape index (κ2) is 13.9. The summed E-state index contributed by atoms with van der Waals surface area (Å²) in [6.45, 7) is 3.01. The second-order valence-electron chi connectivity index (χ2n) is 9.58. The average Bonchev–Trinajstić information content (AvgIpc) is 3.43. The molecular weight excluding hydrogens is 567 g/mol. The molecule has 3 amide bonds. The van der Waals surface area contributed by atoms with Gasteiger partial charge in [0.1, 0.15) is 6.04 Å². The third-order valence-electron chi connectivity index (χ3n) is 6.50. The summed E-state index contributed by atoms with van der Waals surface area (Å²) in [4.78, 5) is 66.5. The van der Waals surface area contributed by atoms with Gasteiger partial charge in [-0.3, -0.25) is 14.2 Å². The number of aromatic nitrogens is 1. The normalized spacial score (nSPS) is 14.4. The van der Waals surface area contributed by atoms with Crippen LogP contribution < -0.4 is 5.32 Å². The molecule has 41 heavy (non-hydrogen) atoms. The van der Waals surface area contributed by atoms with Crippen molar-refractivity contribution in [3.8, 4) is 21.7 Å². The predicted molar refractivity (Wildman–Crippen MR) is 156 cm³/mol. The molecule has 1 atom stereocenters. The maximum Gasteiger partial charge on any atom is 0.409 e. The van der Waals surface area contributed by atoms with E-state index in [-0.39, 0.29) is 31.2 Å². The smallest absolute Gasteiger partial charge is 0.409 e. The maximum absolute atomic E-state index is 13.4. The Bertz CT molecular complexity index is 1330. The van der Waals surface area contributed by atoms with Gasteiger partial charge in [0, 0.05) is 31.7 Å². The monoisotopic (exact) mass is 600 g/mol. The van der Waals surface area contributed by atoms with Crippen molar-refractivity contribution in [3.05, 3.63) is 65.7 Å². The number of piperazine rings is 1. The summed E-state index contributed by atoms with van der Waals surface area (Å²) in [6, 6.07) is 17.3. The number of nitrogens with one attached hydrogen (secondary N) is 1. The Labute approximate surface area is 242 Å². The summed E-state index contributed by atoms with van der Waals surface area (Å²) in [5.41, 5.74) is 2.25. The Kier molecular flexibility index (Phi) is 10.3. The number of carbonyl (C=O) groups is 3. The van der Waals surface area contributed by atoms with Crippen molar-refractivity contribution in [1.82, 2.24) is 20.1 Å². The van der Waals surface area contributed by atoms with Crippen molar-refractivity contribution >= 4 is 36.8 Å². The van der Waals surface area contributed by atoms with Gasteiger partial charge in [0.2, 0.25) is 5.91 Å². The summed E-state index contributed by atoms with van der Waals surface area (Å²) in [7, 11) is -4.68. The van der Waals surface area contributed by atoms with Gasteiger partial charge in [-0.15, -0.1) is 11.3 Å². The maximum atomic E-state index is 13.4. The van der Waals surface area contributed by atoms with Crippen molar-refractivity contribution in [2.24, 2.45) is 0 Å². The predicted octanol–water partition coefficient (Wildman–Crippen LogP) is 3.83. The van der Waals surface area contributed by atoms with Gasteiger partial charge < -0.3 is 29.6 Å². The van der Waals surface area contributed by atoms with E-state index in [0.717, 1.165) is 40.2 Å². The molecular formula is C28H33N4O7PS. The van der Waals surface area contributed by atoms with Crippen LogP contribution in [0.3, 0.4) is 0 Å². The summed E-state index contributed by atoms with van der Waals surface area (Å²) < 4.78 is 17.2. The van der Waals surface area contributed by atoms with Crippen molar-refractivity contribution in [2.75, 3.05) is 38.9 Å². The van der Waals surface area contributed by atoms with E-state index in [0.29, 0.717) is 12.3 Å². The van der Waals surface area contributed by atoms with Crippen molar-refractivity contribution < 1.29 is 33.5 Å². The summed E-state index contributed by atoms with van der Waals surface area (Å²) >= 11 is 1.13. The average molecular weight is 601 g/mol. The Morgan fingerprint density at radius 1 is 0.976 bits per heavy atom. The number of carbonyl (C=O) groups excluding carboxylic acids is 3. The molecule has 13 heteroatoms. The fourth-order valence-electron chi connectivity index (χ4n) is 4.36. The molecule has 0 saturated carbocycles. The van der Waals surface area contributed by atoms with Gasteiger partial charge >= 0.3 is 13.7 Å². The van der Waals surface area contributed by atoms with Crippen molar-refractivity contribution in [2.45, 2.75) is 25.8 Å². The highest BCUT2D eigenvalue weighted by Crippen LogP contribution is 2.38. The topological polar surface area (TPSA) is 149 Å². The largest absolute Gasteiger partial charge is 0.449 e. The highest BCUT2D eigenvalue weighted by molar-refractivity contribution is 7.51. The third-order valence-corrected chi connectivity index (χ3v) is 8.45. The second-order valence-corrected chi connectivity index (χ2v) is 12.3. The van der Waals surface area contributed by atoms with Crippen LogP contribution in [-0.4, -0.2) is 87.5 Å². The van der Waals surface area contributed by atoms with Gasteiger partial charge in [-0.05, 0) is 12.0 Å². The molecule has 2 heterocycles. The molecule has 1 unspecified atom stereocenters. The number of benzene rings is 2. The fraction of sp³-hybridized carbons (Fsp3) is 0.357. The van der Waals surface area contributed by atoms with E-state index < -0.39 is 37.7 Å². The Balaban J connectivity index is 1.51. The summed E-state index contributed by atoms with van der Waals surface area (Å²) in [6.07, 6.45) is 0.328. The van der Waals surface area contributed by atoms with Gasteiger partial charge in [-0.1, -0.05) is 74.0 Å². The lowest BCUT2D eigenvalue weighted by molar-refractivity contribution is -0.134. The standard InChI is InChI=1S/C28H33N4O7PS/c1-2-3-18-39-28(35)32-16-14-31(15-17-32)27(34)22(19-40(36,37)38)29-25(33)26-30-23(20-10-6-4-7-11-20)24(41-26)21-12-8-5-9-13-21/h4-13,22H,2-3,14-19H2,1H3,(H,29,33)(H2,36,37,38). The van der Waals surface area contributed by atoms with Crippen LogP contribution in [0, 0.1) is 0 Å². The van der Waals surface area contributed by atoms with E-state index >= 15 is 0 Å². The minimum Gasteiger partial charge on any atom is -0.449 e. The minimum absolute atomic E-state index is 0.0610. The minimum atomic E-state index is -4.68. The Hall–Kier alpha value is -3.57. The third kappa shape index (κ3) is 8.23. The zero-order valence-electron chi connectivity index (χ0n) is 22.6. The SMILES string of the molecule is CCCCOC(=O)N1CCN(C(=O)C(CP(=O)(O)O)NC(=O)c2nc(-c3ccccc3)c(-c3ccccc3)s2)CC1. The van der Waals surface area contributed by atoms with Crippen LogP contribution in [0.5, 0.6) is 0 Å². The number of unbranched alkanes of at least 4 members (excludes halogenated alkanes) is 1. The molecule has 3 N–H and O–H groups in total. The molecule has 1 saturated heterocycles. The lowest BCUT2D eigenvalue weighted by Crippen LogP contribution is -2.56. The number of rotatable bonds is 10. The van der Waals surface area contributed by atoms with E-state index in [1.54, 1.807) is 0 Å². The lowest BCUT2D eigenvalue weighted by Gasteiger charge is -2.36. The number of nitrogens with zero attached hydrogens (tertiary/aromatic N) is 3. The summed E-state index contributed by atoms with van der Waals surface area (Å²) in [5, 5.41) is 2.58. The van der Waals surface area contributed by atoms with Crippen LogP contribution in [0.2, 0.25) is 0 Å². The van der Waals surface area contributed by atoms with Crippen LogP contribution in [-0.2, 0) is 14.1 Å². The number of thiazole rings is 1. The molecule has 11 nitrogen and oxygen atoms in total. The molecule has 0 spiro atoms. The van der Waals surface area contributed by atoms with Crippen LogP contribution in [0.15, 0.2) is 60.7 Å². The van der Waals surface area contributed by atoms with Crippen molar-refractivity contribution in [1.29, 1.82) is 0 Å². The molecule has 1 aromatic heterocycles. The zero-order chi connectivity index (χ0) is 29.4. The molecule has 4 rings (SSSR count). The van der Waals surface area contributed by atoms with Gasteiger partial charge in [-0.25, -0.2) is 9.78 Å². The number of amides is 3. The van der Waals surface area contributed by atoms with E-state index in [1.165, 1.54) is 9.80 Å². The highest BCUT2D eigenvalue weighted by Gasteiger charge is 2.35. The lowest BCUT2D eigenvalue weighted by atomic mass is 10.1. The number of hydrogen-bond donors (Lipinski definition) is 3. The van der Waals surface area contributed by atoms with Crippen molar-refractivity contribution in [3.63, 3.8) is 0 Å². The summed E-state index contributed by atoms with van der Waals surface area (Å²) in [5.74, 6) is -1.34. The van der Waals surface area contributed by atoms with E-state index in [1.807, 2.05) is 67.6 Å². The first-order chi connectivity index (χ1) is 19.7. The molecule has 0 aliphatic carbocycles. The zero-order valence-corrected chi connectivity index (χ0v) is 24.4. The van der Waals surface area contributed by atoms with Crippen LogP contribution >= 0.6 is 18.9 Å². The highest BCUT2D eigenvalue weighted by atomic mass is 32.1. The Morgan fingerprint density at radius 3 is 2.15 bits per heavy atom.